The summed E-state index contributed by atoms with van der Waals surface area (Å²) in [4.78, 5) is 12.6. The van der Waals surface area contributed by atoms with Gasteiger partial charge >= 0.3 is 0 Å². The Morgan fingerprint density at radius 1 is 0.750 bits per heavy atom. The van der Waals surface area contributed by atoms with Crippen molar-refractivity contribution in [2.45, 2.75) is 0 Å². The van der Waals surface area contributed by atoms with E-state index in [2.05, 4.69) is 5.32 Å². The third-order valence-electron chi connectivity index (χ3n) is 3.54. The van der Waals surface area contributed by atoms with E-state index in [0.717, 1.165) is 16.9 Å². The maximum atomic E-state index is 12.6. The van der Waals surface area contributed by atoms with Crippen LogP contribution in [-0.2, 0) is 0 Å². The molecule has 0 radical (unpaired) electrons. The Morgan fingerprint density at radius 3 is 1.96 bits per heavy atom. The van der Waals surface area contributed by atoms with Crippen LogP contribution in [0.2, 0.25) is 5.02 Å². The molecular formula is C21H16ClNO. The lowest BCUT2D eigenvalue weighted by Gasteiger charge is -2.11. The summed E-state index contributed by atoms with van der Waals surface area (Å²) < 4.78 is 0. The fourth-order valence-electron chi connectivity index (χ4n) is 2.31. The largest absolute Gasteiger partial charge is 0.355 e. The normalized spacial score (nSPS) is 11.1. The number of rotatable bonds is 5. The molecular weight excluding hydrogens is 318 g/mol. The van der Waals surface area contributed by atoms with E-state index in [-0.39, 0.29) is 5.78 Å². The van der Waals surface area contributed by atoms with E-state index >= 15 is 0 Å². The van der Waals surface area contributed by atoms with Gasteiger partial charge in [-0.05, 0) is 42.0 Å². The number of para-hydroxylation sites is 1. The van der Waals surface area contributed by atoms with Crippen LogP contribution in [0.5, 0.6) is 0 Å². The Hall–Kier alpha value is -2.84. The van der Waals surface area contributed by atoms with Gasteiger partial charge in [0.15, 0.2) is 5.78 Å². The number of anilines is 1. The summed E-state index contributed by atoms with van der Waals surface area (Å²) in [5.41, 5.74) is 3.23. The highest BCUT2D eigenvalue weighted by atomic mass is 35.5. The zero-order chi connectivity index (χ0) is 16.8. The fraction of sp³-hybridized carbons (Fsp3) is 0. The van der Waals surface area contributed by atoms with Crippen LogP contribution in [0.25, 0.3) is 5.70 Å². The summed E-state index contributed by atoms with van der Waals surface area (Å²) in [6, 6.07) is 26.5. The minimum absolute atomic E-state index is 0.0750. The van der Waals surface area contributed by atoms with Crippen LogP contribution >= 0.6 is 11.6 Å². The average Bonchev–Trinajstić information content (AvgIpc) is 2.63. The molecule has 24 heavy (non-hydrogen) atoms. The van der Waals surface area contributed by atoms with Crippen molar-refractivity contribution in [3.8, 4) is 0 Å². The van der Waals surface area contributed by atoms with Gasteiger partial charge in [0.05, 0.1) is 0 Å². The molecule has 1 N–H and O–H groups in total. The van der Waals surface area contributed by atoms with Gasteiger partial charge in [0.2, 0.25) is 0 Å². The van der Waals surface area contributed by atoms with E-state index in [1.165, 1.54) is 0 Å². The number of hydrogen-bond donors (Lipinski definition) is 1. The van der Waals surface area contributed by atoms with Crippen LogP contribution in [-0.4, -0.2) is 5.78 Å². The number of halogens is 1. The molecule has 0 fully saturated rings. The van der Waals surface area contributed by atoms with Crippen molar-refractivity contribution in [1.82, 2.24) is 0 Å². The lowest BCUT2D eigenvalue weighted by molar-refractivity contribution is 0.104. The Morgan fingerprint density at radius 2 is 1.33 bits per heavy atom. The van der Waals surface area contributed by atoms with Gasteiger partial charge in [-0.3, -0.25) is 4.79 Å². The van der Waals surface area contributed by atoms with E-state index in [4.69, 9.17) is 11.6 Å². The third kappa shape index (κ3) is 4.12. The molecule has 0 aliphatic heterocycles. The molecule has 0 amide bonds. The van der Waals surface area contributed by atoms with Crippen LogP contribution in [0, 0.1) is 0 Å². The molecule has 0 heterocycles. The SMILES string of the molecule is O=C(/C=C(\Nc1ccccc1)c1ccccc1)c1ccc(Cl)cc1. The first-order valence-electron chi connectivity index (χ1n) is 7.61. The van der Waals surface area contributed by atoms with E-state index < -0.39 is 0 Å². The van der Waals surface area contributed by atoms with E-state index in [1.807, 2.05) is 60.7 Å². The zero-order valence-corrected chi connectivity index (χ0v) is 13.7. The minimum Gasteiger partial charge on any atom is -0.355 e. The standard InChI is InChI=1S/C21H16ClNO/c22-18-13-11-17(12-14-18)21(24)15-20(16-7-3-1-4-8-16)23-19-9-5-2-6-10-19/h1-15,23H/b20-15-. The van der Waals surface area contributed by atoms with Gasteiger partial charge in [-0.2, -0.15) is 0 Å². The molecule has 0 aliphatic carbocycles. The minimum atomic E-state index is -0.0750. The summed E-state index contributed by atoms with van der Waals surface area (Å²) >= 11 is 5.89. The van der Waals surface area contributed by atoms with Crippen LogP contribution in [0.15, 0.2) is 91.0 Å². The Kier molecular flexibility index (Phi) is 5.09. The molecule has 0 bridgehead atoms. The zero-order valence-electron chi connectivity index (χ0n) is 12.9. The second-order valence-corrected chi connectivity index (χ2v) is 5.72. The number of nitrogens with one attached hydrogen (secondary N) is 1. The molecule has 0 aliphatic rings. The van der Waals surface area contributed by atoms with Crippen LogP contribution < -0.4 is 5.32 Å². The Bertz CT molecular complexity index is 840. The first kappa shape index (κ1) is 16.0. The number of ketones is 1. The summed E-state index contributed by atoms with van der Waals surface area (Å²) in [6.45, 7) is 0. The number of benzene rings is 3. The molecule has 0 saturated carbocycles. The predicted molar refractivity (Wildman–Crippen MR) is 100 cm³/mol. The highest BCUT2D eigenvalue weighted by Gasteiger charge is 2.08. The predicted octanol–water partition coefficient (Wildman–Crippen LogP) is 5.68. The average molecular weight is 334 g/mol. The number of hydrogen-bond acceptors (Lipinski definition) is 2. The lowest BCUT2D eigenvalue weighted by atomic mass is 10.1. The van der Waals surface area contributed by atoms with Crippen molar-refractivity contribution in [2.24, 2.45) is 0 Å². The van der Waals surface area contributed by atoms with Crippen LogP contribution in [0.1, 0.15) is 15.9 Å². The van der Waals surface area contributed by atoms with Gasteiger partial charge in [0.1, 0.15) is 0 Å². The molecule has 3 aromatic rings. The van der Waals surface area contributed by atoms with E-state index in [9.17, 15) is 4.79 Å². The molecule has 3 heteroatoms. The van der Waals surface area contributed by atoms with Crippen molar-refractivity contribution in [1.29, 1.82) is 0 Å². The molecule has 3 rings (SSSR count). The Labute approximate surface area is 146 Å². The van der Waals surface area contributed by atoms with Gasteiger partial charge in [-0.1, -0.05) is 60.1 Å². The van der Waals surface area contributed by atoms with Crippen LogP contribution in [0.4, 0.5) is 5.69 Å². The Balaban J connectivity index is 1.94. The lowest BCUT2D eigenvalue weighted by Crippen LogP contribution is -2.03. The van der Waals surface area contributed by atoms with E-state index in [1.54, 1.807) is 30.3 Å². The van der Waals surface area contributed by atoms with Crippen molar-refractivity contribution in [3.63, 3.8) is 0 Å². The second kappa shape index (κ2) is 7.62. The topological polar surface area (TPSA) is 29.1 Å². The van der Waals surface area contributed by atoms with Crippen molar-refractivity contribution in [2.75, 3.05) is 5.32 Å². The molecule has 3 aromatic carbocycles. The summed E-state index contributed by atoms with van der Waals surface area (Å²) in [5.74, 6) is -0.0750. The van der Waals surface area contributed by atoms with Gasteiger partial charge < -0.3 is 5.32 Å². The first-order chi connectivity index (χ1) is 11.7. The van der Waals surface area contributed by atoms with Gasteiger partial charge in [0, 0.05) is 28.0 Å². The first-order valence-corrected chi connectivity index (χ1v) is 7.99. The summed E-state index contributed by atoms with van der Waals surface area (Å²) in [5, 5.41) is 3.93. The molecule has 0 unspecified atom stereocenters. The number of allylic oxidation sites excluding steroid dienone is 1. The smallest absolute Gasteiger partial charge is 0.187 e. The van der Waals surface area contributed by atoms with Crippen LogP contribution in [0.3, 0.4) is 0 Å². The van der Waals surface area contributed by atoms with Crippen molar-refractivity contribution in [3.05, 3.63) is 107 Å². The molecule has 0 atom stereocenters. The quantitative estimate of drug-likeness (QED) is 0.481. The number of carbonyl (C=O) groups excluding carboxylic acids is 1. The molecule has 0 saturated heterocycles. The third-order valence-corrected chi connectivity index (χ3v) is 3.79. The summed E-state index contributed by atoms with van der Waals surface area (Å²) in [6.07, 6.45) is 1.62. The highest BCUT2D eigenvalue weighted by Crippen LogP contribution is 2.20. The van der Waals surface area contributed by atoms with Gasteiger partial charge in [-0.25, -0.2) is 0 Å². The fourth-order valence-corrected chi connectivity index (χ4v) is 2.44. The maximum absolute atomic E-state index is 12.6. The molecule has 118 valence electrons. The molecule has 0 spiro atoms. The second-order valence-electron chi connectivity index (χ2n) is 5.29. The van der Waals surface area contributed by atoms with Crippen molar-refractivity contribution < 1.29 is 4.79 Å². The van der Waals surface area contributed by atoms with E-state index in [0.29, 0.717) is 10.6 Å². The molecule has 0 aromatic heterocycles. The maximum Gasteiger partial charge on any atom is 0.187 e. The van der Waals surface area contributed by atoms with Crippen molar-refractivity contribution >= 4 is 28.8 Å². The molecule has 2 nitrogen and oxygen atoms in total. The highest BCUT2D eigenvalue weighted by molar-refractivity contribution is 6.30. The van der Waals surface area contributed by atoms with Gasteiger partial charge in [-0.15, -0.1) is 0 Å². The van der Waals surface area contributed by atoms with Gasteiger partial charge in [0.25, 0.3) is 0 Å². The number of carbonyl (C=O) groups is 1. The summed E-state index contributed by atoms with van der Waals surface area (Å²) in [7, 11) is 0. The monoisotopic (exact) mass is 333 g/mol.